The number of likely N-dealkylation sites (tertiary alicyclic amines) is 1. The first-order valence-electron chi connectivity index (χ1n) is 12.3. The SMILES string of the molecule is Nc1ncnc2c1c(-c1ccc(CNC(=O)c3ccc(OC(F)(F)F)cc3)cc1)nn2[C@@H]1CCCN(C(=O)O)C1. The molecule has 4 aromatic rings. The van der Waals surface area contributed by atoms with Gasteiger partial charge >= 0.3 is 12.5 Å². The first kappa shape index (κ1) is 26.7. The Hall–Kier alpha value is -4.88. The quantitative estimate of drug-likeness (QED) is 0.320. The zero-order chi connectivity index (χ0) is 28.4. The molecule has 3 heterocycles. The highest BCUT2D eigenvalue weighted by molar-refractivity contribution is 5.98. The lowest BCUT2D eigenvalue weighted by atomic mass is 10.1. The molecule has 0 spiro atoms. The van der Waals surface area contributed by atoms with Gasteiger partial charge in [0.25, 0.3) is 5.91 Å². The number of halogens is 3. The Morgan fingerprint density at radius 2 is 1.82 bits per heavy atom. The second-order valence-electron chi connectivity index (χ2n) is 9.23. The molecule has 0 bridgehead atoms. The molecule has 1 fully saturated rings. The number of alkyl halides is 3. The molecule has 1 atom stereocenters. The molecule has 1 aliphatic heterocycles. The number of carbonyl (C=O) groups is 2. The van der Waals surface area contributed by atoms with E-state index in [0.29, 0.717) is 29.7 Å². The number of nitrogens with two attached hydrogens (primary N) is 1. The van der Waals surface area contributed by atoms with Crippen molar-refractivity contribution in [2.24, 2.45) is 0 Å². The third-order valence-corrected chi connectivity index (χ3v) is 6.56. The fourth-order valence-electron chi connectivity index (χ4n) is 4.65. The number of amides is 2. The molecule has 0 saturated carbocycles. The van der Waals surface area contributed by atoms with Crippen LogP contribution in [0.25, 0.3) is 22.3 Å². The number of benzene rings is 2. The van der Waals surface area contributed by atoms with Crippen LogP contribution >= 0.6 is 0 Å². The smallest absolute Gasteiger partial charge is 0.465 e. The highest BCUT2D eigenvalue weighted by atomic mass is 19.4. The molecule has 0 aliphatic carbocycles. The first-order chi connectivity index (χ1) is 19.1. The van der Waals surface area contributed by atoms with Crippen LogP contribution in [0, 0.1) is 0 Å². The van der Waals surface area contributed by atoms with Crippen molar-refractivity contribution >= 4 is 28.9 Å². The summed E-state index contributed by atoms with van der Waals surface area (Å²) in [4.78, 5) is 33.8. The molecule has 40 heavy (non-hydrogen) atoms. The van der Waals surface area contributed by atoms with Crippen molar-refractivity contribution in [1.82, 2.24) is 30.0 Å². The van der Waals surface area contributed by atoms with Gasteiger partial charge in [0.05, 0.1) is 11.4 Å². The third-order valence-electron chi connectivity index (χ3n) is 6.56. The van der Waals surface area contributed by atoms with Crippen LogP contribution < -0.4 is 15.8 Å². The number of carbonyl (C=O) groups excluding carboxylic acids is 1. The van der Waals surface area contributed by atoms with Crippen LogP contribution in [0.2, 0.25) is 0 Å². The van der Waals surface area contributed by atoms with Gasteiger partial charge in [0.15, 0.2) is 5.65 Å². The van der Waals surface area contributed by atoms with Gasteiger partial charge in [-0.15, -0.1) is 13.2 Å². The average Bonchev–Trinajstić information content (AvgIpc) is 3.33. The number of ether oxygens (including phenoxy) is 1. The molecule has 1 saturated heterocycles. The molecule has 14 heteroatoms. The number of nitrogens with one attached hydrogen (secondary N) is 1. The van der Waals surface area contributed by atoms with E-state index in [-0.39, 0.29) is 30.5 Å². The van der Waals surface area contributed by atoms with Crippen LogP contribution in [-0.2, 0) is 6.54 Å². The van der Waals surface area contributed by atoms with E-state index in [4.69, 9.17) is 10.8 Å². The Labute approximate surface area is 225 Å². The molecule has 0 radical (unpaired) electrons. The van der Waals surface area contributed by atoms with Gasteiger partial charge in [-0.05, 0) is 42.7 Å². The van der Waals surface area contributed by atoms with E-state index < -0.39 is 24.1 Å². The largest absolute Gasteiger partial charge is 0.573 e. The number of nitrogens with zero attached hydrogens (tertiary/aromatic N) is 5. The average molecular weight is 556 g/mol. The van der Waals surface area contributed by atoms with E-state index >= 15 is 0 Å². The fraction of sp³-hybridized carbons (Fsp3) is 0.269. The van der Waals surface area contributed by atoms with Gasteiger partial charge in [0.2, 0.25) is 0 Å². The summed E-state index contributed by atoms with van der Waals surface area (Å²) in [7, 11) is 0. The Morgan fingerprint density at radius 1 is 1.10 bits per heavy atom. The summed E-state index contributed by atoms with van der Waals surface area (Å²) < 4.78 is 42.5. The van der Waals surface area contributed by atoms with Gasteiger partial charge in [0, 0.05) is 30.8 Å². The fourth-order valence-corrected chi connectivity index (χ4v) is 4.65. The van der Waals surface area contributed by atoms with E-state index in [9.17, 15) is 27.9 Å². The number of hydrogen-bond acceptors (Lipinski definition) is 7. The standard InChI is InChI=1S/C26H24F3N7O4/c27-26(28,29)40-19-9-7-17(8-10-19)24(37)31-12-15-3-5-16(6-4-15)21-20-22(30)32-14-33-23(20)36(34-21)18-2-1-11-35(13-18)25(38)39/h3-10,14,18H,1-2,11-13H2,(H,31,37)(H,38,39)(H2,30,32,33)/t18-/m1/s1. The number of fused-ring (bicyclic) bond motifs is 1. The Balaban J connectivity index is 1.31. The van der Waals surface area contributed by atoms with Crippen molar-refractivity contribution in [3.63, 3.8) is 0 Å². The summed E-state index contributed by atoms with van der Waals surface area (Å²) in [6.45, 7) is 0.921. The van der Waals surface area contributed by atoms with Crippen molar-refractivity contribution in [3.8, 4) is 17.0 Å². The maximum atomic E-state index is 12.5. The summed E-state index contributed by atoms with van der Waals surface area (Å²) in [5, 5.41) is 17.5. The van der Waals surface area contributed by atoms with E-state index in [1.165, 1.54) is 23.4 Å². The Bertz CT molecular complexity index is 1540. The zero-order valence-electron chi connectivity index (χ0n) is 20.9. The highest BCUT2D eigenvalue weighted by Crippen LogP contribution is 2.34. The third kappa shape index (κ3) is 5.75. The minimum Gasteiger partial charge on any atom is -0.465 e. The second kappa shape index (κ2) is 10.7. The van der Waals surface area contributed by atoms with Crippen molar-refractivity contribution in [1.29, 1.82) is 0 Å². The summed E-state index contributed by atoms with van der Waals surface area (Å²) in [5.41, 5.74) is 8.95. The number of rotatable bonds is 6. The second-order valence-corrected chi connectivity index (χ2v) is 9.23. The monoisotopic (exact) mass is 555 g/mol. The molecule has 1 aliphatic rings. The first-order valence-corrected chi connectivity index (χ1v) is 12.3. The number of piperidine rings is 1. The number of anilines is 1. The molecule has 2 amide bonds. The topological polar surface area (TPSA) is 148 Å². The van der Waals surface area contributed by atoms with Gasteiger partial charge in [-0.25, -0.2) is 19.4 Å². The lowest BCUT2D eigenvalue weighted by Gasteiger charge is -2.30. The minimum absolute atomic E-state index is 0.174. The van der Waals surface area contributed by atoms with Crippen LogP contribution in [0.3, 0.4) is 0 Å². The van der Waals surface area contributed by atoms with Crippen molar-refractivity contribution in [2.45, 2.75) is 31.8 Å². The molecule has 4 N–H and O–H groups in total. The lowest BCUT2D eigenvalue weighted by molar-refractivity contribution is -0.274. The summed E-state index contributed by atoms with van der Waals surface area (Å²) in [6.07, 6.45) is -3.01. The van der Waals surface area contributed by atoms with Crippen molar-refractivity contribution < 1.29 is 32.6 Å². The van der Waals surface area contributed by atoms with Gasteiger partial charge in [-0.1, -0.05) is 24.3 Å². The molecule has 2 aromatic carbocycles. The van der Waals surface area contributed by atoms with Crippen LogP contribution in [0.1, 0.15) is 34.8 Å². The summed E-state index contributed by atoms with van der Waals surface area (Å²) in [6, 6.07) is 11.7. The van der Waals surface area contributed by atoms with Crippen molar-refractivity contribution in [3.05, 3.63) is 66.0 Å². The number of carboxylic acid groups (broad SMARTS) is 1. The van der Waals surface area contributed by atoms with Gasteiger partial charge in [-0.3, -0.25) is 4.79 Å². The molecular weight excluding hydrogens is 531 g/mol. The lowest BCUT2D eigenvalue weighted by Crippen LogP contribution is -2.40. The molecular formula is C26H24F3N7O4. The van der Waals surface area contributed by atoms with E-state index in [0.717, 1.165) is 29.7 Å². The van der Waals surface area contributed by atoms with Gasteiger partial charge in [0.1, 0.15) is 23.6 Å². The predicted molar refractivity (Wildman–Crippen MR) is 137 cm³/mol. The van der Waals surface area contributed by atoms with E-state index in [2.05, 4.69) is 20.0 Å². The predicted octanol–water partition coefficient (Wildman–Crippen LogP) is 4.22. The highest BCUT2D eigenvalue weighted by Gasteiger charge is 2.31. The van der Waals surface area contributed by atoms with Crippen LogP contribution in [0.5, 0.6) is 5.75 Å². The van der Waals surface area contributed by atoms with E-state index in [1.54, 1.807) is 16.8 Å². The van der Waals surface area contributed by atoms with Crippen molar-refractivity contribution in [2.75, 3.05) is 18.8 Å². The van der Waals surface area contributed by atoms with Crippen LogP contribution in [-0.4, -0.2) is 61.2 Å². The molecule has 208 valence electrons. The van der Waals surface area contributed by atoms with Gasteiger partial charge in [-0.2, -0.15) is 5.10 Å². The maximum absolute atomic E-state index is 12.5. The number of hydrogen-bond donors (Lipinski definition) is 3. The number of aromatic nitrogens is 4. The van der Waals surface area contributed by atoms with Crippen LogP contribution in [0.4, 0.5) is 23.8 Å². The molecule has 0 unspecified atom stereocenters. The number of nitrogen functional groups attached to an aromatic ring is 1. The molecule has 11 nitrogen and oxygen atoms in total. The molecule has 2 aromatic heterocycles. The van der Waals surface area contributed by atoms with Crippen LogP contribution in [0.15, 0.2) is 54.9 Å². The summed E-state index contributed by atoms with van der Waals surface area (Å²) in [5.74, 6) is -0.622. The zero-order valence-corrected chi connectivity index (χ0v) is 20.9. The Morgan fingerprint density at radius 3 is 2.50 bits per heavy atom. The maximum Gasteiger partial charge on any atom is 0.573 e. The normalized spacial score (nSPS) is 15.7. The van der Waals surface area contributed by atoms with E-state index in [1.807, 2.05) is 12.1 Å². The minimum atomic E-state index is -4.81. The molecule has 5 rings (SSSR count). The summed E-state index contributed by atoms with van der Waals surface area (Å²) >= 11 is 0. The van der Waals surface area contributed by atoms with Gasteiger partial charge < -0.3 is 25.8 Å². The Kier molecular flexibility index (Phi) is 7.15.